The third kappa shape index (κ3) is 3.90. The number of halogens is 1. The van der Waals surface area contributed by atoms with Gasteiger partial charge < -0.3 is 18.8 Å². The average molecular weight is 488 g/mol. The van der Waals surface area contributed by atoms with Crippen LogP contribution in [0.4, 0.5) is 4.39 Å². The van der Waals surface area contributed by atoms with E-state index in [1.54, 1.807) is 42.3 Å². The van der Waals surface area contributed by atoms with Gasteiger partial charge in [-0.2, -0.15) is 0 Å². The lowest BCUT2D eigenvalue weighted by atomic mass is 9.97. The van der Waals surface area contributed by atoms with Gasteiger partial charge in [-0.25, -0.2) is 4.39 Å². The summed E-state index contributed by atoms with van der Waals surface area (Å²) in [5.41, 5.74) is 3.57. The average Bonchev–Trinajstić information content (AvgIpc) is 3.13. The van der Waals surface area contributed by atoms with Gasteiger partial charge in [-0.15, -0.1) is 0 Å². The monoisotopic (exact) mass is 487 g/mol. The van der Waals surface area contributed by atoms with Crippen LogP contribution in [0, 0.1) is 19.7 Å². The number of fused-ring (bicyclic) bond motifs is 2. The molecule has 0 fully saturated rings. The molecule has 184 valence electrons. The number of hydrogen-bond donors (Lipinski definition) is 0. The number of nitrogens with zero attached hydrogens (tertiary/aromatic N) is 1. The molecule has 1 amide bonds. The van der Waals surface area contributed by atoms with Crippen LogP contribution in [0.25, 0.3) is 11.0 Å². The Labute approximate surface area is 207 Å². The zero-order valence-electron chi connectivity index (χ0n) is 20.6. The Morgan fingerprint density at radius 1 is 1.00 bits per heavy atom. The number of ether oxygens (including phenoxy) is 2. The molecule has 0 saturated heterocycles. The molecule has 0 radical (unpaired) electrons. The van der Waals surface area contributed by atoms with Crippen molar-refractivity contribution in [2.75, 3.05) is 13.7 Å². The van der Waals surface area contributed by atoms with Crippen LogP contribution >= 0.6 is 0 Å². The maximum Gasteiger partial charge on any atom is 0.291 e. The highest BCUT2D eigenvalue weighted by atomic mass is 19.1. The van der Waals surface area contributed by atoms with Crippen molar-refractivity contribution in [1.82, 2.24) is 4.90 Å². The number of aryl methyl sites for hydroxylation is 2. The number of carbonyl (C=O) groups excluding carboxylic acids is 1. The molecule has 0 N–H and O–H groups in total. The molecule has 2 heterocycles. The molecule has 3 aromatic carbocycles. The van der Waals surface area contributed by atoms with Crippen molar-refractivity contribution >= 4 is 16.9 Å². The highest BCUT2D eigenvalue weighted by Gasteiger charge is 2.43. The lowest BCUT2D eigenvalue weighted by molar-refractivity contribution is 0.0714. The number of hydrogen-bond acceptors (Lipinski definition) is 5. The van der Waals surface area contributed by atoms with Gasteiger partial charge in [0.15, 0.2) is 16.9 Å². The van der Waals surface area contributed by atoms with Gasteiger partial charge in [-0.05, 0) is 73.4 Å². The van der Waals surface area contributed by atoms with Crippen LogP contribution in [0.5, 0.6) is 11.5 Å². The van der Waals surface area contributed by atoms with Crippen molar-refractivity contribution in [2.24, 2.45) is 0 Å². The van der Waals surface area contributed by atoms with Crippen LogP contribution < -0.4 is 14.9 Å². The molecule has 0 saturated carbocycles. The molecule has 5 rings (SSSR count). The summed E-state index contributed by atoms with van der Waals surface area (Å²) < 4.78 is 30.9. The summed E-state index contributed by atoms with van der Waals surface area (Å²) in [7, 11) is 1.54. The molecule has 7 heteroatoms. The number of carbonyl (C=O) groups is 1. The number of rotatable bonds is 6. The maximum absolute atomic E-state index is 13.9. The SMILES string of the molecule is CCOc1ccc(C2c3c(oc4c(C)cc(C)cc4c3=O)C(=O)N2Cc2ccc(F)cc2)cc1OC. The van der Waals surface area contributed by atoms with Gasteiger partial charge in [0, 0.05) is 6.54 Å². The van der Waals surface area contributed by atoms with E-state index in [-0.39, 0.29) is 29.1 Å². The lowest BCUT2D eigenvalue weighted by Gasteiger charge is -2.26. The zero-order valence-corrected chi connectivity index (χ0v) is 20.6. The van der Waals surface area contributed by atoms with E-state index in [4.69, 9.17) is 13.9 Å². The minimum atomic E-state index is -0.719. The first-order chi connectivity index (χ1) is 17.3. The molecular weight excluding hydrogens is 461 g/mol. The molecule has 1 atom stereocenters. The Bertz CT molecular complexity index is 1540. The molecule has 1 aliphatic heterocycles. The zero-order chi connectivity index (χ0) is 25.6. The van der Waals surface area contributed by atoms with E-state index in [2.05, 4.69) is 0 Å². The van der Waals surface area contributed by atoms with E-state index < -0.39 is 11.9 Å². The van der Waals surface area contributed by atoms with Gasteiger partial charge in [0.25, 0.3) is 5.91 Å². The van der Waals surface area contributed by atoms with Crippen LogP contribution in [0.1, 0.15) is 51.3 Å². The lowest BCUT2D eigenvalue weighted by Crippen LogP contribution is -2.29. The van der Waals surface area contributed by atoms with Crippen LogP contribution in [0.3, 0.4) is 0 Å². The van der Waals surface area contributed by atoms with Gasteiger partial charge >= 0.3 is 0 Å². The highest BCUT2D eigenvalue weighted by molar-refractivity contribution is 5.99. The minimum Gasteiger partial charge on any atom is -0.493 e. The van der Waals surface area contributed by atoms with E-state index >= 15 is 0 Å². The van der Waals surface area contributed by atoms with Gasteiger partial charge in [-0.3, -0.25) is 9.59 Å². The number of methoxy groups -OCH3 is 1. The summed E-state index contributed by atoms with van der Waals surface area (Å²) in [6.45, 7) is 6.28. The van der Waals surface area contributed by atoms with E-state index in [0.29, 0.717) is 34.6 Å². The normalized spacial score (nSPS) is 14.9. The Balaban J connectivity index is 1.73. The fourth-order valence-corrected chi connectivity index (χ4v) is 4.90. The van der Waals surface area contributed by atoms with Gasteiger partial charge in [0.2, 0.25) is 5.76 Å². The van der Waals surface area contributed by atoms with Crippen LogP contribution in [0.15, 0.2) is 63.8 Å². The molecule has 36 heavy (non-hydrogen) atoms. The Morgan fingerprint density at radius 3 is 2.44 bits per heavy atom. The summed E-state index contributed by atoms with van der Waals surface area (Å²) >= 11 is 0. The van der Waals surface area contributed by atoms with Crippen molar-refractivity contribution in [3.63, 3.8) is 0 Å². The molecule has 1 aliphatic rings. The topological polar surface area (TPSA) is 69.0 Å². The van der Waals surface area contributed by atoms with E-state index in [1.165, 1.54) is 12.1 Å². The first-order valence-electron chi connectivity index (χ1n) is 11.8. The number of benzene rings is 3. The second-order valence-electron chi connectivity index (χ2n) is 8.94. The molecule has 0 aliphatic carbocycles. The van der Waals surface area contributed by atoms with Crippen LogP contribution in [0.2, 0.25) is 0 Å². The van der Waals surface area contributed by atoms with Crippen molar-refractivity contribution in [3.05, 3.63) is 104 Å². The van der Waals surface area contributed by atoms with Crippen molar-refractivity contribution in [1.29, 1.82) is 0 Å². The standard InChI is InChI=1S/C29H26FNO5/c1-5-35-22-11-8-19(14-23(22)34-4)25-24-26(32)21-13-16(2)12-17(3)27(21)36-28(24)29(33)31(25)15-18-6-9-20(30)10-7-18/h6-14,25H,5,15H2,1-4H3. The van der Waals surface area contributed by atoms with E-state index in [9.17, 15) is 14.0 Å². The molecule has 0 bridgehead atoms. The fraction of sp³-hybridized carbons (Fsp3) is 0.241. The van der Waals surface area contributed by atoms with Crippen LogP contribution in [-0.4, -0.2) is 24.5 Å². The summed E-state index contributed by atoms with van der Waals surface area (Å²) in [6.07, 6.45) is 0. The molecule has 0 spiro atoms. The van der Waals surface area contributed by atoms with Crippen molar-refractivity contribution in [3.8, 4) is 11.5 Å². The molecule has 6 nitrogen and oxygen atoms in total. The largest absolute Gasteiger partial charge is 0.493 e. The molecular formula is C29H26FNO5. The Hall–Kier alpha value is -4.13. The quantitative estimate of drug-likeness (QED) is 0.349. The summed E-state index contributed by atoms with van der Waals surface area (Å²) in [4.78, 5) is 29.2. The third-order valence-corrected chi connectivity index (χ3v) is 6.47. The predicted molar refractivity (Wildman–Crippen MR) is 134 cm³/mol. The van der Waals surface area contributed by atoms with Crippen molar-refractivity contribution < 1.29 is 23.1 Å². The third-order valence-electron chi connectivity index (χ3n) is 6.47. The van der Waals surface area contributed by atoms with E-state index in [0.717, 1.165) is 16.7 Å². The second-order valence-corrected chi connectivity index (χ2v) is 8.94. The highest BCUT2D eigenvalue weighted by Crippen LogP contribution is 2.42. The summed E-state index contributed by atoms with van der Waals surface area (Å²) in [5.74, 6) is 0.325. The fourth-order valence-electron chi connectivity index (χ4n) is 4.90. The Morgan fingerprint density at radius 2 is 1.75 bits per heavy atom. The molecule has 4 aromatic rings. The minimum absolute atomic E-state index is 0.0272. The second kappa shape index (κ2) is 9.15. The smallest absolute Gasteiger partial charge is 0.291 e. The summed E-state index contributed by atoms with van der Waals surface area (Å²) in [6, 6.07) is 14.3. The number of amides is 1. The first-order valence-corrected chi connectivity index (χ1v) is 11.8. The van der Waals surface area contributed by atoms with Gasteiger partial charge in [-0.1, -0.05) is 24.3 Å². The van der Waals surface area contributed by atoms with Crippen LogP contribution in [-0.2, 0) is 6.54 Å². The van der Waals surface area contributed by atoms with Gasteiger partial charge in [0.1, 0.15) is 11.4 Å². The van der Waals surface area contributed by atoms with Gasteiger partial charge in [0.05, 0.1) is 30.7 Å². The summed E-state index contributed by atoms with van der Waals surface area (Å²) in [5, 5.41) is 0.436. The molecule has 1 aromatic heterocycles. The Kier molecular flexibility index (Phi) is 6.00. The van der Waals surface area contributed by atoms with Crippen molar-refractivity contribution in [2.45, 2.75) is 33.4 Å². The maximum atomic E-state index is 13.9. The molecule has 1 unspecified atom stereocenters. The van der Waals surface area contributed by atoms with E-state index in [1.807, 2.05) is 32.9 Å². The first kappa shape index (κ1) is 23.6. The predicted octanol–water partition coefficient (Wildman–Crippen LogP) is 5.70.